The molecule has 1 N–H and O–H groups in total. The monoisotopic (exact) mass is 544 g/mol. The second kappa shape index (κ2) is 12.5. The Hall–Kier alpha value is -4.30. The highest BCUT2D eigenvalue weighted by Crippen LogP contribution is 2.36. The number of benzene rings is 3. The highest BCUT2D eigenvalue weighted by atomic mass is 32.1. The highest BCUT2D eigenvalue weighted by molar-refractivity contribution is 7.80. The van der Waals surface area contributed by atoms with Gasteiger partial charge in [0.25, 0.3) is 11.8 Å². The zero-order valence-electron chi connectivity index (χ0n) is 21.8. The van der Waals surface area contributed by atoms with Crippen LogP contribution in [0.15, 0.2) is 78.9 Å². The van der Waals surface area contributed by atoms with Gasteiger partial charge in [-0.3, -0.25) is 19.8 Å². The van der Waals surface area contributed by atoms with Crippen molar-refractivity contribution in [2.75, 3.05) is 11.5 Å². The van der Waals surface area contributed by atoms with E-state index < -0.39 is 11.8 Å². The fourth-order valence-corrected chi connectivity index (χ4v) is 4.46. The lowest BCUT2D eigenvalue weighted by molar-refractivity contribution is -0.122. The maximum Gasteiger partial charge on any atom is 0.270 e. The lowest BCUT2D eigenvalue weighted by Crippen LogP contribution is -2.54. The first kappa shape index (κ1) is 27.7. The number of carbonyl (C=O) groups excluding carboxylic acids is 2. The molecule has 0 aliphatic carbocycles. The molecule has 0 spiro atoms. The van der Waals surface area contributed by atoms with Gasteiger partial charge in [0.15, 0.2) is 16.6 Å². The first-order valence-corrected chi connectivity index (χ1v) is 13.0. The van der Waals surface area contributed by atoms with Crippen LogP contribution in [-0.4, -0.2) is 23.5 Å². The van der Waals surface area contributed by atoms with E-state index in [9.17, 15) is 14.0 Å². The van der Waals surface area contributed by atoms with Crippen molar-refractivity contribution < 1.29 is 23.5 Å². The van der Waals surface area contributed by atoms with E-state index in [1.165, 1.54) is 23.1 Å². The summed E-state index contributed by atoms with van der Waals surface area (Å²) >= 11 is 5.32. The van der Waals surface area contributed by atoms with E-state index in [0.717, 1.165) is 23.1 Å². The molecule has 6 nitrogen and oxygen atoms in total. The normalized spacial score (nSPS) is 14.4. The minimum Gasteiger partial charge on any atom is -0.490 e. The molecule has 0 aromatic heterocycles. The lowest BCUT2D eigenvalue weighted by atomic mass is 10.0. The summed E-state index contributed by atoms with van der Waals surface area (Å²) in [5.41, 5.74) is 3.76. The van der Waals surface area contributed by atoms with E-state index in [4.69, 9.17) is 21.7 Å². The van der Waals surface area contributed by atoms with Crippen LogP contribution < -0.4 is 19.7 Å². The van der Waals surface area contributed by atoms with Crippen LogP contribution in [0.3, 0.4) is 0 Å². The summed E-state index contributed by atoms with van der Waals surface area (Å²) in [6, 6.07) is 17.1. The number of anilines is 1. The average molecular weight is 545 g/mol. The molecule has 2 amide bonds. The zero-order valence-corrected chi connectivity index (χ0v) is 22.6. The smallest absolute Gasteiger partial charge is 0.270 e. The van der Waals surface area contributed by atoms with Gasteiger partial charge in [-0.25, -0.2) is 4.39 Å². The Labute approximate surface area is 232 Å². The number of nitrogens with one attached hydrogen (secondary N) is 1. The number of ether oxygens (including phenoxy) is 2. The van der Waals surface area contributed by atoms with Crippen molar-refractivity contribution >= 4 is 40.9 Å². The number of amides is 2. The van der Waals surface area contributed by atoms with Gasteiger partial charge < -0.3 is 9.47 Å². The van der Waals surface area contributed by atoms with Crippen molar-refractivity contribution in [3.63, 3.8) is 0 Å². The maximum absolute atomic E-state index is 13.5. The number of hydrogen-bond donors (Lipinski definition) is 1. The number of thiocarbonyl (C=S) groups is 1. The second-order valence-corrected chi connectivity index (χ2v) is 9.21. The SMILES string of the molecule is C=CCc1cc(/C=C2\C(=O)NC(=S)N(c3ccc(CC)cc3)C2=O)cc(OCC)c1OCc1ccc(F)cc1. The Balaban J connectivity index is 1.70. The predicted octanol–water partition coefficient (Wildman–Crippen LogP) is 5.93. The van der Waals surface area contributed by atoms with Gasteiger partial charge in [0.2, 0.25) is 0 Å². The summed E-state index contributed by atoms with van der Waals surface area (Å²) in [6.07, 6.45) is 4.56. The van der Waals surface area contributed by atoms with Gasteiger partial charge in [-0.05, 0) is 91.1 Å². The van der Waals surface area contributed by atoms with Gasteiger partial charge in [0.05, 0.1) is 12.3 Å². The van der Waals surface area contributed by atoms with Crippen LogP contribution in [0.2, 0.25) is 0 Å². The van der Waals surface area contributed by atoms with Crippen LogP contribution >= 0.6 is 12.2 Å². The van der Waals surface area contributed by atoms with Crippen LogP contribution in [0, 0.1) is 5.82 Å². The second-order valence-electron chi connectivity index (χ2n) is 8.83. The summed E-state index contributed by atoms with van der Waals surface area (Å²) < 4.78 is 25.3. The Morgan fingerprint density at radius 3 is 2.33 bits per heavy atom. The molecule has 0 saturated carbocycles. The van der Waals surface area contributed by atoms with Crippen molar-refractivity contribution in [1.29, 1.82) is 0 Å². The van der Waals surface area contributed by atoms with Crippen LogP contribution in [0.5, 0.6) is 11.5 Å². The number of rotatable bonds is 10. The molecule has 0 bridgehead atoms. The number of hydrogen-bond acceptors (Lipinski definition) is 5. The van der Waals surface area contributed by atoms with E-state index in [1.54, 1.807) is 36.4 Å². The first-order valence-electron chi connectivity index (χ1n) is 12.6. The van der Waals surface area contributed by atoms with Crippen LogP contribution in [0.4, 0.5) is 10.1 Å². The van der Waals surface area contributed by atoms with E-state index in [0.29, 0.717) is 35.8 Å². The van der Waals surface area contributed by atoms with Crippen molar-refractivity contribution in [1.82, 2.24) is 5.32 Å². The van der Waals surface area contributed by atoms with Gasteiger partial charge in [0, 0.05) is 5.56 Å². The third-order valence-electron chi connectivity index (χ3n) is 6.13. The minimum absolute atomic E-state index is 0.0262. The molecule has 4 rings (SSSR count). The zero-order chi connectivity index (χ0) is 27.9. The molecule has 39 heavy (non-hydrogen) atoms. The molecule has 3 aromatic rings. The molecular formula is C31H29FN2O4S. The molecule has 3 aromatic carbocycles. The molecule has 0 unspecified atom stereocenters. The molecule has 8 heteroatoms. The summed E-state index contributed by atoms with van der Waals surface area (Å²) in [5.74, 6) is -0.449. The number of aryl methyl sites for hydroxylation is 1. The average Bonchev–Trinajstić information content (AvgIpc) is 2.92. The predicted molar refractivity (Wildman–Crippen MR) is 154 cm³/mol. The molecule has 1 heterocycles. The number of halogens is 1. The maximum atomic E-state index is 13.5. The minimum atomic E-state index is -0.578. The summed E-state index contributed by atoms with van der Waals surface area (Å²) in [7, 11) is 0. The number of allylic oxidation sites excluding steroid dienone is 1. The number of nitrogens with zero attached hydrogens (tertiary/aromatic N) is 1. The van der Waals surface area contributed by atoms with Crippen molar-refractivity contribution in [2.45, 2.75) is 33.3 Å². The Bertz CT molecular complexity index is 1430. The molecule has 1 saturated heterocycles. The summed E-state index contributed by atoms with van der Waals surface area (Å²) in [6.45, 7) is 8.31. The summed E-state index contributed by atoms with van der Waals surface area (Å²) in [4.78, 5) is 27.7. The largest absolute Gasteiger partial charge is 0.490 e. The van der Waals surface area contributed by atoms with Gasteiger partial charge in [-0.15, -0.1) is 6.58 Å². The lowest BCUT2D eigenvalue weighted by Gasteiger charge is -2.29. The van der Waals surface area contributed by atoms with Gasteiger partial charge in [0.1, 0.15) is 18.0 Å². The van der Waals surface area contributed by atoms with Gasteiger partial charge in [-0.1, -0.05) is 37.3 Å². The van der Waals surface area contributed by atoms with Crippen molar-refractivity contribution in [3.05, 3.63) is 107 Å². The van der Waals surface area contributed by atoms with Gasteiger partial charge in [-0.2, -0.15) is 0 Å². The van der Waals surface area contributed by atoms with Crippen LogP contribution in [0.25, 0.3) is 6.08 Å². The van der Waals surface area contributed by atoms with E-state index in [2.05, 4.69) is 11.9 Å². The van der Waals surface area contributed by atoms with E-state index in [-0.39, 0.29) is 23.1 Å². The number of carbonyl (C=O) groups is 2. The first-order chi connectivity index (χ1) is 18.8. The van der Waals surface area contributed by atoms with Gasteiger partial charge >= 0.3 is 0 Å². The summed E-state index contributed by atoms with van der Waals surface area (Å²) in [5, 5.41) is 2.65. The molecule has 0 radical (unpaired) electrons. The van der Waals surface area contributed by atoms with Crippen molar-refractivity contribution in [3.8, 4) is 11.5 Å². The fourth-order valence-electron chi connectivity index (χ4n) is 4.18. The van der Waals surface area contributed by atoms with E-state index in [1.807, 2.05) is 32.0 Å². The molecule has 1 aliphatic rings. The molecule has 0 atom stereocenters. The van der Waals surface area contributed by atoms with E-state index >= 15 is 0 Å². The topological polar surface area (TPSA) is 67.9 Å². The highest BCUT2D eigenvalue weighted by Gasteiger charge is 2.34. The molecular weight excluding hydrogens is 515 g/mol. The standard InChI is InChI=1S/C31H29FN2O4S/c1-4-7-23-16-22(18-27(37-6-3)28(23)38-19-21-8-12-24(32)13-9-21)17-26-29(35)33-31(39)34(30(26)36)25-14-10-20(5-2)11-15-25/h4,8-18H,1,5-7,19H2,2-3H3,(H,33,35,39)/b26-17+. The third-order valence-corrected chi connectivity index (χ3v) is 6.41. The Kier molecular flexibility index (Phi) is 8.88. The fraction of sp³-hybridized carbons (Fsp3) is 0.194. The Morgan fingerprint density at radius 2 is 1.69 bits per heavy atom. The molecule has 1 fully saturated rings. The molecule has 1 aliphatic heterocycles. The third kappa shape index (κ3) is 6.41. The molecule has 200 valence electrons. The quantitative estimate of drug-likeness (QED) is 0.148. The van der Waals surface area contributed by atoms with Crippen LogP contribution in [-0.2, 0) is 29.0 Å². The van der Waals surface area contributed by atoms with Crippen molar-refractivity contribution in [2.24, 2.45) is 0 Å². The van der Waals surface area contributed by atoms with Crippen LogP contribution in [0.1, 0.15) is 36.1 Å². The Morgan fingerprint density at radius 1 is 1.00 bits per heavy atom.